The van der Waals surface area contributed by atoms with Gasteiger partial charge in [0.1, 0.15) is 18.0 Å². The van der Waals surface area contributed by atoms with Crippen molar-refractivity contribution in [3.8, 4) is 0 Å². The number of pyridine rings is 2. The van der Waals surface area contributed by atoms with E-state index in [2.05, 4.69) is 15.1 Å². The molecular weight excluding hydrogens is 530 g/mol. The summed E-state index contributed by atoms with van der Waals surface area (Å²) in [6.45, 7) is 0.488. The van der Waals surface area contributed by atoms with Crippen molar-refractivity contribution in [1.29, 1.82) is 0 Å². The zero-order chi connectivity index (χ0) is 28.9. The van der Waals surface area contributed by atoms with Gasteiger partial charge in [-0.25, -0.2) is 4.79 Å². The summed E-state index contributed by atoms with van der Waals surface area (Å²) in [7, 11) is 0. The SMILES string of the molecule is O=C1/C(=C(/O)c2cc(Cc3ccccn3)cc(Cn3cccn3)c2)N(C(=O)OCc2ccccc2)Cc2cccnc21. The van der Waals surface area contributed by atoms with Crippen LogP contribution in [0.25, 0.3) is 5.76 Å². The fourth-order valence-electron chi connectivity index (χ4n) is 4.97. The van der Waals surface area contributed by atoms with Crippen molar-refractivity contribution in [2.75, 3.05) is 0 Å². The molecule has 0 atom stereocenters. The lowest BCUT2D eigenvalue weighted by Crippen LogP contribution is -2.39. The molecule has 3 aromatic heterocycles. The number of carbonyl (C=O) groups is 2. The molecule has 1 N–H and O–H groups in total. The van der Waals surface area contributed by atoms with Gasteiger partial charge in [-0.1, -0.05) is 48.5 Å². The van der Waals surface area contributed by atoms with Crippen LogP contribution in [0, 0.1) is 0 Å². The van der Waals surface area contributed by atoms with Crippen molar-refractivity contribution >= 4 is 17.6 Å². The number of amides is 1. The van der Waals surface area contributed by atoms with Crippen LogP contribution in [-0.4, -0.2) is 41.6 Å². The third-order valence-electron chi connectivity index (χ3n) is 6.91. The minimum atomic E-state index is -0.746. The summed E-state index contributed by atoms with van der Waals surface area (Å²) in [4.78, 5) is 37.1. The highest BCUT2D eigenvalue weighted by Crippen LogP contribution is 2.31. The molecule has 4 heterocycles. The minimum Gasteiger partial charge on any atom is -0.505 e. The molecule has 0 saturated heterocycles. The summed E-state index contributed by atoms with van der Waals surface area (Å²) >= 11 is 0. The molecular formula is C33H27N5O4. The number of hydrogen-bond acceptors (Lipinski definition) is 7. The van der Waals surface area contributed by atoms with Crippen molar-refractivity contribution < 1.29 is 19.4 Å². The predicted octanol–water partition coefficient (Wildman–Crippen LogP) is 5.57. The zero-order valence-electron chi connectivity index (χ0n) is 22.6. The number of fused-ring (bicyclic) bond motifs is 1. The quantitative estimate of drug-likeness (QED) is 0.206. The first-order valence-corrected chi connectivity index (χ1v) is 13.5. The number of aliphatic hydroxyl groups is 1. The first-order chi connectivity index (χ1) is 20.5. The van der Waals surface area contributed by atoms with E-state index in [9.17, 15) is 14.7 Å². The van der Waals surface area contributed by atoms with Gasteiger partial charge in [-0.05, 0) is 53.1 Å². The topological polar surface area (TPSA) is 110 Å². The second kappa shape index (κ2) is 11.9. The summed E-state index contributed by atoms with van der Waals surface area (Å²) in [5.41, 5.74) is 4.34. The molecule has 0 bridgehead atoms. The Morgan fingerprint density at radius 2 is 1.67 bits per heavy atom. The van der Waals surface area contributed by atoms with Gasteiger partial charge in [0.2, 0.25) is 5.78 Å². The van der Waals surface area contributed by atoms with Crippen LogP contribution in [0.5, 0.6) is 0 Å². The van der Waals surface area contributed by atoms with E-state index in [1.807, 2.05) is 66.9 Å². The zero-order valence-corrected chi connectivity index (χ0v) is 22.6. The van der Waals surface area contributed by atoms with Gasteiger partial charge in [-0.3, -0.25) is 24.3 Å². The van der Waals surface area contributed by atoms with Crippen LogP contribution in [0.15, 0.2) is 115 Å². The number of ketones is 1. The molecule has 9 heteroatoms. The van der Waals surface area contributed by atoms with Crippen molar-refractivity contribution in [3.63, 3.8) is 0 Å². The number of benzene rings is 2. The normalized spacial score (nSPS) is 13.9. The number of aliphatic hydroxyl groups excluding tert-OH is 1. The van der Waals surface area contributed by atoms with E-state index in [1.54, 1.807) is 41.3 Å². The first kappa shape index (κ1) is 26.6. The molecule has 5 aromatic rings. The average Bonchev–Trinajstić information content (AvgIpc) is 3.53. The molecule has 2 aromatic carbocycles. The highest BCUT2D eigenvalue weighted by molar-refractivity contribution is 6.14. The third-order valence-corrected chi connectivity index (χ3v) is 6.91. The predicted molar refractivity (Wildman–Crippen MR) is 155 cm³/mol. The fourth-order valence-corrected chi connectivity index (χ4v) is 4.97. The lowest BCUT2D eigenvalue weighted by Gasteiger charge is -2.29. The molecule has 1 amide bonds. The van der Waals surface area contributed by atoms with Gasteiger partial charge in [0.05, 0.1) is 13.1 Å². The highest BCUT2D eigenvalue weighted by Gasteiger charge is 2.37. The van der Waals surface area contributed by atoms with E-state index in [0.717, 1.165) is 22.4 Å². The fraction of sp³-hybridized carbons (Fsp3) is 0.121. The average molecular weight is 558 g/mol. The van der Waals surface area contributed by atoms with E-state index in [1.165, 1.54) is 11.1 Å². The maximum Gasteiger partial charge on any atom is 0.415 e. The summed E-state index contributed by atoms with van der Waals surface area (Å²) in [6.07, 6.45) is 6.55. The van der Waals surface area contributed by atoms with Gasteiger partial charge >= 0.3 is 6.09 Å². The van der Waals surface area contributed by atoms with Crippen molar-refractivity contribution in [1.82, 2.24) is 24.6 Å². The Kier molecular flexibility index (Phi) is 7.54. The van der Waals surface area contributed by atoms with E-state index < -0.39 is 11.9 Å². The number of carbonyl (C=O) groups excluding carboxylic acids is 2. The van der Waals surface area contributed by atoms with Gasteiger partial charge in [0.25, 0.3) is 0 Å². The van der Waals surface area contributed by atoms with E-state index >= 15 is 0 Å². The van der Waals surface area contributed by atoms with E-state index in [-0.39, 0.29) is 30.3 Å². The molecule has 9 nitrogen and oxygen atoms in total. The Labute approximate surface area is 242 Å². The van der Waals surface area contributed by atoms with Crippen LogP contribution in [0.1, 0.15) is 44.0 Å². The van der Waals surface area contributed by atoms with Crippen LogP contribution in [0.2, 0.25) is 0 Å². The molecule has 42 heavy (non-hydrogen) atoms. The monoisotopic (exact) mass is 557 g/mol. The standard InChI is InChI=1S/C33H27N5O4/c39-31(27-17-24(19-28-11-4-5-12-34-28)16-25(18-27)20-37-15-7-14-36-37)30-32(40)29-26(10-6-13-35-29)21-38(30)33(41)42-22-23-8-2-1-3-9-23/h1-18,39H,19-22H2/b31-30-. The van der Waals surface area contributed by atoms with E-state index in [4.69, 9.17) is 4.74 Å². The number of allylic oxidation sites excluding steroid dienone is 1. The molecule has 0 spiro atoms. The summed E-state index contributed by atoms with van der Waals surface area (Å²) < 4.78 is 7.36. The molecule has 1 aliphatic rings. The Hall–Kier alpha value is -5.57. The van der Waals surface area contributed by atoms with Gasteiger partial charge in [-0.15, -0.1) is 0 Å². The van der Waals surface area contributed by atoms with Crippen LogP contribution >= 0.6 is 0 Å². The van der Waals surface area contributed by atoms with Crippen LogP contribution < -0.4 is 0 Å². The Morgan fingerprint density at radius 3 is 2.45 bits per heavy atom. The molecule has 0 aliphatic carbocycles. The molecule has 0 fully saturated rings. The van der Waals surface area contributed by atoms with Gasteiger partial charge in [0, 0.05) is 48.0 Å². The smallest absolute Gasteiger partial charge is 0.415 e. The van der Waals surface area contributed by atoms with Crippen LogP contribution in [0.4, 0.5) is 4.79 Å². The Morgan fingerprint density at radius 1 is 0.857 bits per heavy atom. The molecule has 208 valence electrons. The van der Waals surface area contributed by atoms with Gasteiger partial charge in [0.15, 0.2) is 5.76 Å². The molecule has 0 radical (unpaired) electrons. The van der Waals surface area contributed by atoms with Crippen molar-refractivity contribution in [3.05, 3.63) is 155 Å². The summed E-state index contributed by atoms with van der Waals surface area (Å²) in [5, 5.41) is 16.0. The summed E-state index contributed by atoms with van der Waals surface area (Å²) in [5.74, 6) is -0.896. The second-order valence-electron chi connectivity index (χ2n) is 9.90. The van der Waals surface area contributed by atoms with Crippen LogP contribution in [-0.2, 0) is 30.9 Å². The summed E-state index contributed by atoms with van der Waals surface area (Å²) in [6, 6.07) is 25.9. The van der Waals surface area contributed by atoms with Crippen LogP contribution in [0.3, 0.4) is 0 Å². The van der Waals surface area contributed by atoms with Gasteiger partial charge in [-0.2, -0.15) is 5.10 Å². The van der Waals surface area contributed by atoms with Gasteiger partial charge < -0.3 is 9.84 Å². The Bertz CT molecular complexity index is 1750. The number of nitrogens with zero attached hydrogens (tertiary/aromatic N) is 5. The molecule has 1 aliphatic heterocycles. The third kappa shape index (κ3) is 5.80. The lowest BCUT2D eigenvalue weighted by molar-refractivity contribution is 0.0853. The maximum absolute atomic E-state index is 13.8. The number of rotatable bonds is 7. The molecule has 0 unspecified atom stereocenters. The molecule has 0 saturated carbocycles. The maximum atomic E-state index is 13.8. The van der Waals surface area contributed by atoms with Crippen molar-refractivity contribution in [2.24, 2.45) is 0 Å². The number of ether oxygens (including phenoxy) is 1. The number of hydrogen-bond donors (Lipinski definition) is 1. The molecule has 6 rings (SSSR count). The highest BCUT2D eigenvalue weighted by atomic mass is 16.6. The largest absolute Gasteiger partial charge is 0.505 e. The minimum absolute atomic E-state index is 0.0197. The number of aromatic nitrogens is 4. The van der Waals surface area contributed by atoms with Crippen molar-refractivity contribution in [2.45, 2.75) is 26.1 Å². The first-order valence-electron chi connectivity index (χ1n) is 13.5. The lowest BCUT2D eigenvalue weighted by atomic mass is 9.96. The Balaban J connectivity index is 1.41. The second-order valence-corrected chi connectivity index (χ2v) is 9.90. The number of Topliss-reactive ketones (excluding diaryl/α,β-unsaturated/α-hetero) is 1. The van der Waals surface area contributed by atoms with E-state index in [0.29, 0.717) is 24.1 Å².